The first-order valence-corrected chi connectivity index (χ1v) is 5.18. The number of hydrogen-bond acceptors (Lipinski definition) is 4. The molecule has 80 valence electrons. The fourth-order valence-electron chi connectivity index (χ4n) is 1.83. The number of anilines is 1. The number of nitrogens with one attached hydrogen (secondary N) is 1. The van der Waals surface area contributed by atoms with Gasteiger partial charge in [-0.3, -0.25) is 4.98 Å². The molecule has 1 aliphatic heterocycles. The minimum Gasteiger partial charge on any atom is -0.491 e. The van der Waals surface area contributed by atoms with Crippen molar-refractivity contribution in [2.45, 2.75) is 6.04 Å². The number of fused-ring (bicyclic) bond motifs is 1. The summed E-state index contributed by atoms with van der Waals surface area (Å²) in [5.74, 6) is 1.72. The van der Waals surface area contributed by atoms with E-state index in [1.54, 1.807) is 18.6 Å². The third kappa shape index (κ3) is 1.58. The quantitative estimate of drug-likeness (QED) is 0.829. The standard InChI is InChI=1S/C12H11N3O/c1-2-4-11-9(3-1)10(8-16-11)15-12-7-13-5-6-14-12/h1-7,10H,8H2,(H,14,15). The number of para-hydroxylation sites is 1. The molecular formula is C12H11N3O. The first-order chi connectivity index (χ1) is 7.93. The molecule has 1 N–H and O–H groups in total. The van der Waals surface area contributed by atoms with Gasteiger partial charge in [-0.15, -0.1) is 0 Å². The third-order valence-corrected chi connectivity index (χ3v) is 2.59. The summed E-state index contributed by atoms with van der Waals surface area (Å²) in [4.78, 5) is 8.20. The Bertz CT molecular complexity index is 487. The molecule has 1 aromatic heterocycles. The number of hydrogen-bond donors (Lipinski definition) is 1. The zero-order valence-electron chi connectivity index (χ0n) is 8.63. The van der Waals surface area contributed by atoms with Crippen molar-refractivity contribution in [1.82, 2.24) is 9.97 Å². The summed E-state index contributed by atoms with van der Waals surface area (Å²) in [6.07, 6.45) is 5.04. The molecule has 4 nitrogen and oxygen atoms in total. The minimum absolute atomic E-state index is 0.160. The van der Waals surface area contributed by atoms with Crippen LogP contribution in [0.1, 0.15) is 11.6 Å². The molecule has 1 aliphatic rings. The van der Waals surface area contributed by atoms with Crippen molar-refractivity contribution < 1.29 is 4.74 Å². The van der Waals surface area contributed by atoms with Crippen LogP contribution >= 0.6 is 0 Å². The molecule has 3 rings (SSSR count). The highest BCUT2D eigenvalue weighted by molar-refractivity contribution is 5.45. The Morgan fingerprint density at radius 3 is 3.06 bits per heavy atom. The van der Waals surface area contributed by atoms with E-state index in [1.807, 2.05) is 18.2 Å². The Balaban J connectivity index is 1.84. The monoisotopic (exact) mass is 213 g/mol. The van der Waals surface area contributed by atoms with Crippen LogP contribution in [-0.4, -0.2) is 16.6 Å². The van der Waals surface area contributed by atoms with E-state index in [0.717, 1.165) is 11.6 Å². The second-order valence-electron chi connectivity index (χ2n) is 3.64. The highest BCUT2D eigenvalue weighted by Crippen LogP contribution is 2.33. The molecule has 0 spiro atoms. The lowest BCUT2D eigenvalue weighted by Gasteiger charge is -2.11. The molecule has 0 saturated heterocycles. The second kappa shape index (κ2) is 3.81. The van der Waals surface area contributed by atoms with Gasteiger partial charge in [-0.25, -0.2) is 4.98 Å². The normalized spacial score (nSPS) is 17.6. The van der Waals surface area contributed by atoms with Crippen LogP contribution in [0, 0.1) is 0 Å². The van der Waals surface area contributed by atoms with Crippen molar-refractivity contribution in [2.75, 3.05) is 11.9 Å². The summed E-state index contributed by atoms with van der Waals surface area (Å²) in [6, 6.07) is 8.19. The average molecular weight is 213 g/mol. The van der Waals surface area contributed by atoms with Crippen LogP contribution in [0.25, 0.3) is 0 Å². The highest BCUT2D eigenvalue weighted by atomic mass is 16.5. The van der Waals surface area contributed by atoms with Gasteiger partial charge in [-0.05, 0) is 6.07 Å². The van der Waals surface area contributed by atoms with Crippen LogP contribution in [0.4, 0.5) is 5.82 Å². The van der Waals surface area contributed by atoms with E-state index in [2.05, 4.69) is 21.4 Å². The predicted molar refractivity (Wildman–Crippen MR) is 60.3 cm³/mol. The van der Waals surface area contributed by atoms with E-state index in [-0.39, 0.29) is 6.04 Å². The lowest BCUT2D eigenvalue weighted by molar-refractivity contribution is 0.339. The van der Waals surface area contributed by atoms with Crippen molar-refractivity contribution in [2.24, 2.45) is 0 Å². The molecule has 16 heavy (non-hydrogen) atoms. The molecule has 4 heteroatoms. The molecule has 0 bridgehead atoms. The van der Waals surface area contributed by atoms with Gasteiger partial charge in [-0.1, -0.05) is 18.2 Å². The van der Waals surface area contributed by atoms with E-state index in [4.69, 9.17) is 4.74 Å². The Labute approximate surface area is 93.3 Å². The van der Waals surface area contributed by atoms with Gasteiger partial charge in [0.25, 0.3) is 0 Å². The zero-order valence-corrected chi connectivity index (χ0v) is 8.63. The summed E-state index contributed by atoms with van der Waals surface area (Å²) in [5, 5.41) is 3.30. The van der Waals surface area contributed by atoms with Crippen molar-refractivity contribution in [3.8, 4) is 5.75 Å². The highest BCUT2D eigenvalue weighted by Gasteiger charge is 2.23. The molecule has 0 amide bonds. The van der Waals surface area contributed by atoms with Gasteiger partial charge in [0.15, 0.2) is 0 Å². The Kier molecular flexibility index (Phi) is 2.18. The fraction of sp³-hybridized carbons (Fsp3) is 0.167. The van der Waals surface area contributed by atoms with Crippen molar-refractivity contribution >= 4 is 5.82 Å². The molecular weight excluding hydrogens is 202 g/mol. The Hall–Kier alpha value is -2.10. The summed E-state index contributed by atoms with van der Waals surface area (Å²) >= 11 is 0. The minimum atomic E-state index is 0.160. The van der Waals surface area contributed by atoms with Gasteiger partial charge < -0.3 is 10.1 Å². The van der Waals surface area contributed by atoms with Crippen molar-refractivity contribution in [3.05, 3.63) is 48.4 Å². The molecule has 1 atom stereocenters. The summed E-state index contributed by atoms with van der Waals surface area (Å²) < 4.78 is 5.57. The molecule has 0 radical (unpaired) electrons. The Morgan fingerprint density at radius 2 is 2.19 bits per heavy atom. The van der Waals surface area contributed by atoms with Crippen molar-refractivity contribution in [1.29, 1.82) is 0 Å². The average Bonchev–Trinajstić information content (AvgIpc) is 2.74. The maximum absolute atomic E-state index is 5.57. The summed E-state index contributed by atoms with van der Waals surface area (Å²) in [5.41, 5.74) is 1.17. The SMILES string of the molecule is c1ccc2c(c1)OCC2Nc1cnccn1. The van der Waals surface area contributed by atoms with E-state index in [0.29, 0.717) is 6.61 Å². The van der Waals surface area contributed by atoms with Gasteiger partial charge in [0.1, 0.15) is 18.2 Å². The van der Waals surface area contributed by atoms with Gasteiger partial charge in [0.2, 0.25) is 0 Å². The second-order valence-corrected chi connectivity index (χ2v) is 3.64. The molecule has 1 unspecified atom stereocenters. The maximum Gasteiger partial charge on any atom is 0.145 e. The first-order valence-electron chi connectivity index (χ1n) is 5.18. The van der Waals surface area contributed by atoms with Gasteiger partial charge >= 0.3 is 0 Å². The summed E-state index contributed by atoms with van der Waals surface area (Å²) in [7, 11) is 0. The molecule has 0 aliphatic carbocycles. The lowest BCUT2D eigenvalue weighted by atomic mass is 10.1. The van der Waals surface area contributed by atoms with E-state index in [9.17, 15) is 0 Å². The van der Waals surface area contributed by atoms with Crippen LogP contribution in [0.15, 0.2) is 42.9 Å². The topological polar surface area (TPSA) is 47.0 Å². The van der Waals surface area contributed by atoms with Gasteiger partial charge in [-0.2, -0.15) is 0 Å². The predicted octanol–water partition coefficient (Wildman–Crippen LogP) is 2.02. The third-order valence-electron chi connectivity index (χ3n) is 2.59. The van der Waals surface area contributed by atoms with Crippen LogP contribution in [0.2, 0.25) is 0 Å². The van der Waals surface area contributed by atoms with E-state index in [1.165, 1.54) is 5.56 Å². The van der Waals surface area contributed by atoms with Gasteiger partial charge in [0, 0.05) is 18.0 Å². The number of benzene rings is 1. The first kappa shape index (κ1) is 9.15. The largest absolute Gasteiger partial charge is 0.491 e. The van der Waals surface area contributed by atoms with E-state index < -0.39 is 0 Å². The summed E-state index contributed by atoms with van der Waals surface area (Å²) in [6.45, 7) is 0.635. The molecule has 0 fully saturated rings. The van der Waals surface area contributed by atoms with E-state index >= 15 is 0 Å². The van der Waals surface area contributed by atoms with Crippen LogP contribution in [0.5, 0.6) is 5.75 Å². The van der Waals surface area contributed by atoms with Crippen molar-refractivity contribution in [3.63, 3.8) is 0 Å². The smallest absolute Gasteiger partial charge is 0.145 e. The Morgan fingerprint density at radius 1 is 1.25 bits per heavy atom. The molecule has 1 aromatic carbocycles. The van der Waals surface area contributed by atoms with Crippen LogP contribution in [-0.2, 0) is 0 Å². The fourth-order valence-corrected chi connectivity index (χ4v) is 1.83. The van der Waals surface area contributed by atoms with Gasteiger partial charge in [0.05, 0.1) is 12.2 Å². The van der Waals surface area contributed by atoms with Crippen LogP contribution in [0.3, 0.4) is 0 Å². The number of nitrogens with zero attached hydrogens (tertiary/aromatic N) is 2. The molecule has 2 heterocycles. The lowest BCUT2D eigenvalue weighted by Crippen LogP contribution is -2.12. The number of aromatic nitrogens is 2. The van der Waals surface area contributed by atoms with Crippen LogP contribution < -0.4 is 10.1 Å². The molecule has 2 aromatic rings. The number of ether oxygens (including phenoxy) is 1. The number of rotatable bonds is 2. The maximum atomic E-state index is 5.57. The molecule has 0 saturated carbocycles. The zero-order chi connectivity index (χ0) is 10.8.